The van der Waals surface area contributed by atoms with Crippen LogP contribution in [0.3, 0.4) is 0 Å². The third kappa shape index (κ3) is 3.84. The van der Waals surface area contributed by atoms with Gasteiger partial charge in [-0.2, -0.15) is 0 Å². The average molecular weight is 275 g/mol. The van der Waals surface area contributed by atoms with Gasteiger partial charge in [0.05, 0.1) is 17.4 Å². The van der Waals surface area contributed by atoms with Crippen molar-refractivity contribution in [3.8, 4) is 5.75 Å². The maximum Gasteiger partial charge on any atom is 0.140 e. The standard InChI is InChI=1S/C16H21NO3/c1-11(18)4-5-14-6-8-15(9-7-14)19-10-16-12(2)17-20-13(16)3/h6-9,11,18H,4-5,10H2,1-3H3. The number of aryl methyl sites for hydroxylation is 3. The number of aliphatic hydroxyl groups excluding tert-OH is 1. The van der Waals surface area contributed by atoms with Crippen LogP contribution in [0.15, 0.2) is 28.8 Å². The van der Waals surface area contributed by atoms with Crippen LogP contribution in [-0.2, 0) is 13.0 Å². The predicted molar refractivity (Wildman–Crippen MR) is 76.8 cm³/mol. The number of aliphatic hydroxyl groups is 1. The smallest absolute Gasteiger partial charge is 0.140 e. The first-order valence-electron chi connectivity index (χ1n) is 6.88. The highest BCUT2D eigenvalue weighted by Gasteiger charge is 2.09. The summed E-state index contributed by atoms with van der Waals surface area (Å²) in [5.74, 6) is 1.63. The fourth-order valence-electron chi connectivity index (χ4n) is 1.99. The van der Waals surface area contributed by atoms with Gasteiger partial charge in [0.25, 0.3) is 0 Å². The molecule has 4 heteroatoms. The molecule has 1 atom stereocenters. The normalized spacial score (nSPS) is 12.4. The number of nitrogens with zero attached hydrogens (tertiary/aromatic N) is 1. The van der Waals surface area contributed by atoms with Gasteiger partial charge in [0.2, 0.25) is 0 Å². The number of rotatable bonds is 6. The minimum Gasteiger partial charge on any atom is -0.489 e. The van der Waals surface area contributed by atoms with Gasteiger partial charge in [-0.15, -0.1) is 0 Å². The van der Waals surface area contributed by atoms with Crippen molar-refractivity contribution in [2.24, 2.45) is 0 Å². The van der Waals surface area contributed by atoms with Gasteiger partial charge in [-0.05, 0) is 51.3 Å². The lowest BCUT2D eigenvalue weighted by molar-refractivity contribution is 0.185. The second kappa shape index (κ2) is 6.57. The fraction of sp³-hybridized carbons (Fsp3) is 0.438. The topological polar surface area (TPSA) is 55.5 Å². The molecular formula is C16H21NO3. The molecule has 0 amide bonds. The molecule has 4 nitrogen and oxygen atoms in total. The lowest BCUT2D eigenvalue weighted by Gasteiger charge is -2.08. The molecule has 2 rings (SSSR count). The van der Waals surface area contributed by atoms with E-state index in [1.54, 1.807) is 6.92 Å². The third-order valence-corrected chi connectivity index (χ3v) is 3.34. The molecule has 0 saturated carbocycles. The average Bonchev–Trinajstić information content (AvgIpc) is 2.75. The van der Waals surface area contributed by atoms with E-state index in [1.807, 2.05) is 38.1 Å². The molecule has 0 aliphatic heterocycles. The summed E-state index contributed by atoms with van der Waals surface area (Å²) in [6.45, 7) is 6.07. The van der Waals surface area contributed by atoms with E-state index < -0.39 is 0 Å². The van der Waals surface area contributed by atoms with E-state index in [1.165, 1.54) is 5.56 Å². The molecule has 108 valence electrons. The first kappa shape index (κ1) is 14.6. The molecule has 0 spiro atoms. The van der Waals surface area contributed by atoms with E-state index in [4.69, 9.17) is 9.26 Å². The Bertz CT molecular complexity index is 524. The van der Waals surface area contributed by atoms with Crippen LogP contribution in [-0.4, -0.2) is 16.4 Å². The number of ether oxygens (including phenoxy) is 1. The van der Waals surface area contributed by atoms with Gasteiger partial charge in [0.15, 0.2) is 0 Å². The molecule has 1 heterocycles. The maximum absolute atomic E-state index is 9.27. The summed E-state index contributed by atoms with van der Waals surface area (Å²) < 4.78 is 10.8. The second-order valence-electron chi connectivity index (χ2n) is 5.12. The van der Waals surface area contributed by atoms with E-state index in [0.29, 0.717) is 6.61 Å². The number of hydrogen-bond donors (Lipinski definition) is 1. The molecule has 1 aromatic heterocycles. The van der Waals surface area contributed by atoms with Crippen molar-refractivity contribution < 1.29 is 14.4 Å². The third-order valence-electron chi connectivity index (χ3n) is 3.34. The second-order valence-corrected chi connectivity index (χ2v) is 5.12. The van der Waals surface area contributed by atoms with Crippen LogP contribution in [0.25, 0.3) is 0 Å². The molecule has 1 unspecified atom stereocenters. The van der Waals surface area contributed by atoms with Crippen LogP contribution in [0.5, 0.6) is 5.75 Å². The van der Waals surface area contributed by atoms with Gasteiger partial charge >= 0.3 is 0 Å². The van der Waals surface area contributed by atoms with Crippen molar-refractivity contribution >= 4 is 0 Å². The van der Waals surface area contributed by atoms with Crippen LogP contribution in [0.4, 0.5) is 0 Å². The first-order chi connectivity index (χ1) is 9.56. The molecule has 0 saturated heterocycles. The Morgan fingerprint density at radius 2 is 1.95 bits per heavy atom. The zero-order chi connectivity index (χ0) is 14.5. The highest BCUT2D eigenvalue weighted by atomic mass is 16.5. The van der Waals surface area contributed by atoms with Crippen LogP contribution >= 0.6 is 0 Å². The highest BCUT2D eigenvalue weighted by molar-refractivity contribution is 5.28. The van der Waals surface area contributed by atoms with Gasteiger partial charge in [0.1, 0.15) is 18.1 Å². The van der Waals surface area contributed by atoms with Crippen LogP contribution in [0.1, 0.15) is 35.9 Å². The zero-order valence-electron chi connectivity index (χ0n) is 12.2. The maximum atomic E-state index is 9.27. The van der Waals surface area contributed by atoms with E-state index in [-0.39, 0.29) is 6.10 Å². The van der Waals surface area contributed by atoms with Crippen molar-refractivity contribution in [3.63, 3.8) is 0 Å². The van der Waals surface area contributed by atoms with Gasteiger partial charge < -0.3 is 14.4 Å². The Morgan fingerprint density at radius 3 is 2.50 bits per heavy atom. The summed E-state index contributed by atoms with van der Waals surface area (Å²) in [5, 5.41) is 13.2. The predicted octanol–water partition coefficient (Wildman–Crippen LogP) is 3.18. The Morgan fingerprint density at radius 1 is 1.25 bits per heavy atom. The van der Waals surface area contributed by atoms with Crippen molar-refractivity contribution in [1.82, 2.24) is 5.16 Å². The van der Waals surface area contributed by atoms with Crippen molar-refractivity contribution in [2.75, 3.05) is 0 Å². The summed E-state index contributed by atoms with van der Waals surface area (Å²) >= 11 is 0. The van der Waals surface area contributed by atoms with Crippen LogP contribution < -0.4 is 4.74 Å². The summed E-state index contributed by atoms with van der Waals surface area (Å²) in [5.41, 5.74) is 3.08. The van der Waals surface area contributed by atoms with Crippen LogP contribution in [0.2, 0.25) is 0 Å². The van der Waals surface area contributed by atoms with Gasteiger partial charge in [-0.3, -0.25) is 0 Å². The molecule has 0 aliphatic carbocycles. The summed E-state index contributed by atoms with van der Waals surface area (Å²) in [7, 11) is 0. The Kier molecular flexibility index (Phi) is 4.79. The Balaban J connectivity index is 1.91. The van der Waals surface area contributed by atoms with Gasteiger partial charge in [-0.25, -0.2) is 0 Å². The van der Waals surface area contributed by atoms with Crippen LogP contribution in [0, 0.1) is 13.8 Å². The molecule has 0 fully saturated rings. The molecule has 0 aliphatic rings. The van der Waals surface area contributed by atoms with E-state index in [2.05, 4.69) is 5.16 Å². The Labute approximate surface area is 119 Å². The van der Waals surface area contributed by atoms with Crippen molar-refractivity contribution in [3.05, 3.63) is 46.8 Å². The molecule has 0 bridgehead atoms. The largest absolute Gasteiger partial charge is 0.489 e. The van der Waals surface area contributed by atoms with E-state index in [9.17, 15) is 5.11 Å². The summed E-state index contributed by atoms with van der Waals surface area (Å²) in [6.07, 6.45) is 1.40. The van der Waals surface area contributed by atoms with E-state index >= 15 is 0 Å². The molecule has 2 aromatic rings. The quantitative estimate of drug-likeness (QED) is 0.879. The molecule has 20 heavy (non-hydrogen) atoms. The fourth-order valence-corrected chi connectivity index (χ4v) is 1.99. The minimum atomic E-state index is -0.259. The Hall–Kier alpha value is -1.81. The molecular weight excluding hydrogens is 254 g/mol. The van der Waals surface area contributed by atoms with Gasteiger partial charge in [0, 0.05) is 0 Å². The number of benzene rings is 1. The number of hydrogen-bond acceptors (Lipinski definition) is 4. The van der Waals surface area contributed by atoms with Crippen molar-refractivity contribution in [1.29, 1.82) is 0 Å². The summed E-state index contributed by atoms with van der Waals surface area (Å²) in [4.78, 5) is 0. The van der Waals surface area contributed by atoms with Crippen molar-refractivity contribution in [2.45, 2.75) is 46.3 Å². The number of aromatic nitrogens is 1. The van der Waals surface area contributed by atoms with E-state index in [0.717, 1.165) is 35.6 Å². The zero-order valence-corrected chi connectivity index (χ0v) is 12.2. The minimum absolute atomic E-state index is 0.259. The molecule has 1 N–H and O–H groups in total. The molecule has 0 radical (unpaired) electrons. The SMILES string of the molecule is Cc1noc(C)c1COc1ccc(CCC(C)O)cc1. The lowest BCUT2D eigenvalue weighted by Crippen LogP contribution is -2.01. The molecule has 1 aromatic carbocycles. The lowest BCUT2D eigenvalue weighted by atomic mass is 10.1. The summed E-state index contributed by atoms with van der Waals surface area (Å²) in [6, 6.07) is 7.97. The van der Waals surface area contributed by atoms with Gasteiger partial charge in [-0.1, -0.05) is 17.3 Å². The first-order valence-corrected chi connectivity index (χ1v) is 6.88. The monoisotopic (exact) mass is 275 g/mol. The highest BCUT2D eigenvalue weighted by Crippen LogP contribution is 2.18.